The molecule has 5 nitrogen and oxygen atoms in total. The van der Waals surface area contributed by atoms with Crippen molar-refractivity contribution >= 4 is 0 Å². The van der Waals surface area contributed by atoms with E-state index < -0.39 is 6.10 Å². The SMILES string of the molecule is OC(Cn1ccnc1-c1cnccn1)c1ccccc1. The predicted molar refractivity (Wildman–Crippen MR) is 74.7 cm³/mol. The Morgan fingerprint density at radius 1 is 1.05 bits per heavy atom. The molecule has 1 aromatic carbocycles. The van der Waals surface area contributed by atoms with Gasteiger partial charge in [0.2, 0.25) is 0 Å². The molecule has 0 spiro atoms. The van der Waals surface area contributed by atoms with E-state index >= 15 is 0 Å². The third-order valence-corrected chi connectivity index (χ3v) is 3.06. The topological polar surface area (TPSA) is 63.8 Å². The van der Waals surface area contributed by atoms with Crippen LogP contribution in [0, 0.1) is 0 Å². The molecule has 0 aliphatic carbocycles. The lowest BCUT2D eigenvalue weighted by molar-refractivity contribution is 0.157. The molecule has 3 rings (SSSR count). The van der Waals surface area contributed by atoms with Gasteiger partial charge in [-0.25, -0.2) is 9.97 Å². The number of aromatic nitrogens is 4. The summed E-state index contributed by atoms with van der Waals surface area (Å²) in [4.78, 5) is 12.6. The zero-order chi connectivity index (χ0) is 13.8. The summed E-state index contributed by atoms with van der Waals surface area (Å²) in [6, 6.07) is 9.57. The number of hydrogen-bond acceptors (Lipinski definition) is 4. The standard InChI is InChI=1S/C15H14N4O/c20-14(12-4-2-1-3-5-12)11-19-9-8-18-15(19)13-10-16-6-7-17-13/h1-10,14,20H,11H2. The van der Waals surface area contributed by atoms with Crippen molar-refractivity contribution < 1.29 is 5.11 Å². The minimum Gasteiger partial charge on any atom is -0.387 e. The number of aliphatic hydroxyl groups is 1. The third-order valence-electron chi connectivity index (χ3n) is 3.06. The van der Waals surface area contributed by atoms with Crippen molar-refractivity contribution in [1.29, 1.82) is 0 Å². The molecule has 1 unspecified atom stereocenters. The molecule has 0 aliphatic rings. The zero-order valence-corrected chi connectivity index (χ0v) is 10.8. The van der Waals surface area contributed by atoms with Crippen LogP contribution in [0.25, 0.3) is 11.5 Å². The van der Waals surface area contributed by atoms with E-state index in [0.717, 1.165) is 5.56 Å². The van der Waals surface area contributed by atoms with Crippen molar-refractivity contribution in [3.05, 3.63) is 66.9 Å². The Hall–Kier alpha value is -2.53. The van der Waals surface area contributed by atoms with E-state index in [2.05, 4.69) is 15.0 Å². The Bertz CT molecular complexity index is 667. The van der Waals surface area contributed by atoms with Crippen LogP contribution in [0.5, 0.6) is 0 Å². The molecule has 0 saturated heterocycles. The van der Waals surface area contributed by atoms with E-state index in [-0.39, 0.29) is 0 Å². The largest absolute Gasteiger partial charge is 0.387 e. The monoisotopic (exact) mass is 266 g/mol. The van der Waals surface area contributed by atoms with Gasteiger partial charge in [-0.2, -0.15) is 0 Å². The minimum atomic E-state index is -0.583. The van der Waals surface area contributed by atoms with Crippen LogP contribution in [0.15, 0.2) is 61.3 Å². The molecule has 3 aromatic rings. The molecule has 0 saturated carbocycles. The molecule has 0 amide bonds. The number of aliphatic hydroxyl groups excluding tert-OH is 1. The zero-order valence-electron chi connectivity index (χ0n) is 10.8. The van der Waals surface area contributed by atoms with Gasteiger partial charge in [0.25, 0.3) is 0 Å². The van der Waals surface area contributed by atoms with E-state index in [1.54, 1.807) is 24.8 Å². The van der Waals surface area contributed by atoms with Crippen molar-refractivity contribution in [2.45, 2.75) is 12.6 Å². The number of rotatable bonds is 4. The highest BCUT2D eigenvalue weighted by Crippen LogP contribution is 2.19. The van der Waals surface area contributed by atoms with Crippen LogP contribution < -0.4 is 0 Å². The van der Waals surface area contributed by atoms with Gasteiger partial charge in [0.1, 0.15) is 5.69 Å². The summed E-state index contributed by atoms with van der Waals surface area (Å²) in [5, 5.41) is 10.3. The summed E-state index contributed by atoms with van der Waals surface area (Å²) in [6.45, 7) is 0.427. The first kappa shape index (κ1) is 12.5. The van der Waals surface area contributed by atoms with Crippen molar-refractivity contribution in [3.8, 4) is 11.5 Å². The highest BCUT2D eigenvalue weighted by atomic mass is 16.3. The molecule has 20 heavy (non-hydrogen) atoms. The summed E-state index contributed by atoms with van der Waals surface area (Å²) < 4.78 is 1.88. The molecular formula is C15H14N4O. The van der Waals surface area contributed by atoms with Crippen molar-refractivity contribution in [1.82, 2.24) is 19.5 Å². The number of benzene rings is 1. The van der Waals surface area contributed by atoms with Gasteiger partial charge in [-0.05, 0) is 5.56 Å². The first-order chi connectivity index (χ1) is 9.84. The van der Waals surface area contributed by atoms with Crippen LogP contribution in [0.4, 0.5) is 0 Å². The van der Waals surface area contributed by atoms with Gasteiger partial charge in [0.05, 0.1) is 18.8 Å². The first-order valence-corrected chi connectivity index (χ1v) is 6.35. The molecule has 2 heterocycles. The molecule has 0 radical (unpaired) electrons. The summed E-state index contributed by atoms with van der Waals surface area (Å²) in [7, 11) is 0. The van der Waals surface area contributed by atoms with Gasteiger partial charge < -0.3 is 9.67 Å². The lowest BCUT2D eigenvalue weighted by Gasteiger charge is -2.13. The Morgan fingerprint density at radius 3 is 2.65 bits per heavy atom. The molecule has 1 N–H and O–H groups in total. The second-order valence-corrected chi connectivity index (χ2v) is 4.42. The Balaban J connectivity index is 1.84. The summed E-state index contributed by atoms with van der Waals surface area (Å²) >= 11 is 0. The van der Waals surface area contributed by atoms with E-state index in [9.17, 15) is 5.11 Å². The molecule has 0 fully saturated rings. The fraction of sp³-hybridized carbons (Fsp3) is 0.133. The lowest BCUT2D eigenvalue weighted by atomic mass is 10.1. The predicted octanol–water partition coefficient (Wildman–Crippen LogP) is 2.07. The number of hydrogen-bond donors (Lipinski definition) is 1. The van der Waals surface area contributed by atoms with Crippen molar-refractivity contribution in [3.63, 3.8) is 0 Å². The van der Waals surface area contributed by atoms with Gasteiger partial charge in [0, 0.05) is 24.8 Å². The van der Waals surface area contributed by atoms with Crippen molar-refractivity contribution in [2.24, 2.45) is 0 Å². The molecule has 0 aliphatic heterocycles. The second-order valence-electron chi connectivity index (χ2n) is 4.42. The minimum absolute atomic E-state index is 0.427. The third kappa shape index (κ3) is 2.57. The molecule has 5 heteroatoms. The molecule has 100 valence electrons. The van der Waals surface area contributed by atoms with Crippen LogP contribution in [0.1, 0.15) is 11.7 Å². The normalized spacial score (nSPS) is 12.2. The lowest BCUT2D eigenvalue weighted by Crippen LogP contribution is -2.09. The highest BCUT2D eigenvalue weighted by Gasteiger charge is 2.12. The molecule has 0 bridgehead atoms. The fourth-order valence-corrected chi connectivity index (χ4v) is 2.07. The Kier molecular flexibility index (Phi) is 3.52. The number of nitrogens with zero attached hydrogens (tertiary/aromatic N) is 4. The smallest absolute Gasteiger partial charge is 0.160 e. The van der Waals surface area contributed by atoms with Gasteiger partial charge >= 0.3 is 0 Å². The highest BCUT2D eigenvalue weighted by molar-refractivity contribution is 5.47. The van der Waals surface area contributed by atoms with Gasteiger partial charge in [-0.15, -0.1) is 0 Å². The summed E-state index contributed by atoms with van der Waals surface area (Å²) in [5.74, 6) is 0.702. The maximum atomic E-state index is 10.3. The fourth-order valence-electron chi connectivity index (χ4n) is 2.07. The van der Waals surface area contributed by atoms with Crippen LogP contribution in [0.3, 0.4) is 0 Å². The maximum absolute atomic E-state index is 10.3. The van der Waals surface area contributed by atoms with Crippen LogP contribution >= 0.6 is 0 Å². The van der Waals surface area contributed by atoms with E-state index in [1.165, 1.54) is 0 Å². The van der Waals surface area contributed by atoms with Crippen LogP contribution in [0.2, 0.25) is 0 Å². The van der Waals surface area contributed by atoms with Crippen molar-refractivity contribution in [2.75, 3.05) is 0 Å². The number of imidazole rings is 1. The van der Waals surface area contributed by atoms with E-state index in [1.807, 2.05) is 41.1 Å². The van der Waals surface area contributed by atoms with Gasteiger partial charge in [0.15, 0.2) is 5.82 Å². The quantitative estimate of drug-likeness (QED) is 0.785. The molecular weight excluding hydrogens is 252 g/mol. The Morgan fingerprint density at radius 2 is 1.90 bits per heavy atom. The molecule has 1 atom stereocenters. The Labute approximate surface area is 116 Å². The average molecular weight is 266 g/mol. The first-order valence-electron chi connectivity index (χ1n) is 6.35. The summed E-state index contributed by atoms with van der Waals surface area (Å²) in [6.07, 6.45) is 7.85. The maximum Gasteiger partial charge on any atom is 0.160 e. The van der Waals surface area contributed by atoms with Crippen LogP contribution in [-0.2, 0) is 6.54 Å². The average Bonchev–Trinajstić information content (AvgIpc) is 2.97. The second kappa shape index (κ2) is 5.63. The van der Waals surface area contributed by atoms with Crippen LogP contribution in [-0.4, -0.2) is 24.6 Å². The van der Waals surface area contributed by atoms with Gasteiger partial charge in [-0.1, -0.05) is 30.3 Å². The summed E-state index contributed by atoms with van der Waals surface area (Å²) in [5.41, 5.74) is 1.57. The molecule has 2 aromatic heterocycles. The van der Waals surface area contributed by atoms with E-state index in [0.29, 0.717) is 18.1 Å². The van der Waals surface area contributed by atoms with E-state index in [4.69, 9.17) is 0 Å². The van der Waals surface area contributed by atoms with Gasteiger partial charge in [-0.3, -0.25) is 4.98 Å².